The van der Waals surface area contributed by atoms with E-state index in [-0.39, 0.29) is 22.8 Å². The monoisotopic (exact) mass is 768 g/mol. The Bertz CT molecular complexity index is 2740. The van der Waals surface area contributed by atoms with Gasteiger partial charge in [0.25, 0.3) is 5.91 Å². The molecule has 7 aromatic carbocycles. The molecular weight excluding hydrogens is 739 g/mol. The van der Waals surface area contributed by atoms with Crippen molar-refractivity contribution in [2.75, 3.05) is 4.90 Å². The quantitative estimate of drug-likeness (QED) is 0.120. The van der Waals surface area contributed by atoms with Crippen molar-refractivity contribution >= 4 is 39.8 Å². The molecule has 0 fully saturated rings. The summed E-state index contributed by atoms with van der Waals surface area (Å²) in [6, 6.07) is 43.2. The van der Waals surface area contributed by atoms with Gasteiger partial charge in [0.2, 0.25) is 6.41 Å². The maximum absolute atomic E-state index is 14.9. The van der Waals surface area contributed by atoms with Crippen molar-refractivity contribution in [2.24, 2.45) is 0 Å². The molecule has 0 unspecified atom stereocenters. The molecule has 0 bridgehead atoms. The molecule has 0 saturated heterocycles. The molecule has 57 heavy (non-hydrogen) atoms. The molecule has 1 aromatic heterocycles. The Morgan fingerprint density at radius 3 is 1.65 bits per heavy atom. The van der Waals surface area contributed by atoms with Crippen LogP contribution in [0, 0.1) is 6.92 Å². The number of halogens is 6. The van der Waals surface area contributed by atoms with Gasteiger partial charge >= 0.3 is 12.4 Å². The van der Waals surface area contributed by atoms with Gasteiger partial charge in [0, 0.05) is 10.8 Å². The number of anilines is 1. The third-order valence-corrected chi connectivity index (χ3v) is 10.0. The lowest BCUT2D eigenvalue weighted by Gasteiger charge is -2.22. The zero-order valence-corrected chi connectivity index (χ0v) is 30.1. The van der Waals surface area contributed by atoms with E-state index >= 15 is 0 Å². The number of nitrogens with zero attached hydrogens (tertiary/aromatic N) is 2. The van der Waals surface area contributed by atoms with Gasteiger partial charge in [0.05, 0.1) is 39.1 Å². The van der Waals surface area contributed by atoms with E-state index in [1.54, 1.807) is 54.0 Å². The average molecular weight is 769 g/mol. The van der Waals surface area contributed by atoms with Crippen LogP contribution in [-0.2, 0) is 17.1 Å². The number of aromatic nitrogens is 1. The largest absolute Gasteiger partial charge is 0.416 e. The van der Waals surface area contributed by atoms with Gasteiger partial charge in [0.15, 0.2) is 0 Å². The highest BCUT2D eigenvalue weighted by Gasteiger charge is 2.37. The number of carbonyl (C=O) groups excluding carboxylic acids is 2. The normalized spacial score (nSPS) is 11.9. The SMILES string of the molecule is Cc1cccc(-n2c3ccccc3c3ccc(-c4cc(C(F)(F)F)cc(C(F)(F)F)c4)cc32)c1C(=O)N(C=O)c1cc(-c2ccccc2)cc(-c2ccccc2)c1. The predicted octanol–water partition coefficient (Wildman–Crippen LogP) is 12.9. The summed E-state index contributed by atoms with van der Waals surface area (Å²) in [6.45, 7) is 1.73. The van der Waals surface area contributed by atoms with Crippen molar-refractivity contribution in [3.05, 3.63) is 180 Å². The molecule has 282 valence electrons. The molecule has 4 nitrogen and oxygen atoms in total. The summed E-state index contributed by atoms with van der Waals surface area (Å²) in [7, 11) is 0. The van der Waals surface area contributed by atoms with E-state index in [4.69, 9.17) is 0 Å². The molecule has 1 heterocycles. The number of hydrogen-bond acceptors (Lipinski definition) is 2. The lowest BCUT2D eigenvalue weighted by molar-refractivity contribution is -0.143. The maximum Gasteiger partial charge on any atom is 0.416 e. The van der Waals surface area contributed by atoms with Crippen LogP contribution in [0.2, 0.25) is 0 Å². The van der Waals surface area contributed by atoms with Crippen molar-refractivity contribution in [2.45, 2.75) is 19.3 Å². The number of carbonyl (C=O) groups is 2. The molecular formula is C47H30F6N2O2. The van der Waals surface area contributed by atoms with Crippen molar-refractivity contribution in [1.29, 1.82) is 0 Å². The van der Waals surface area contributed by atoms with E-state index in [9.17, 15) is 35.9 Å². The zero-order chi connectivity index (χ0) is 40.1. The van der Waals surface area contributed by atoms with Gasteiger partial charge in [-0.1, -0.05) is 103 Å². The Morgan fingerprint density at radius 2 is 1.07 bits per heavy atom. The van der Waals surface area contributed by atoms with Crippen molar-refractivity contribution in [3.63, 3.8) is 0 Å². The maximum atomic E-state index is 14.9. The predicted molar refractivity (Wildman–Crippen MR) is 211 cm³/mol. The number of para-hydroxylation sites is 1. The zero-order valence-electron chi connectivity index (χ0n) is 30.1. The van der Waals surface area contributed by atoms with E-state index < -0.39 is 29.4 Å². The first-order valence-electron chi connectivity index (χ1n) is 17.8. The summed E-state index contributed by atoms with van der Waals surface area (Å²) in [5.41, 5.74) is 2.67. The van der Waals surface area contributed by atoms with E-state index in [1.807, 2.05) is 84.9 Å². The van der Waals surface area contributed by atoms with Crippen LogP contribution in [0.3, 0.4) is 0 Å². The van der Waals surface area contributed by atoms with E-state index in [0.717, 1.165) is 32.5 Å². The highest BCUT2D eigenvalue weighted by Crippen LogP contribution is 2.41. The molecule has 8 rings (SSSR count). The van der Waals surface area contributed by atoms with Crippen LogP contribution in [0.15, 0.2) is 158 Å². The standard InChI is InChI=1S/C47H30F6N2O2/c1-29-11-10-18-42(44(29)45(57)54(28-56)38-24-33(30-12-4-2-5-13-30)21-34(25-38)31-14-6-3-7-15-31)55-41-17-9-8-16-39(41)40-20-19-32(26-43(40)55)35-22-36(46(48,49)50)27-37(23-35)47(51,52)53/h2-28H,1H3. The van der Waals surface area contributed by atoms with Crippen molar-refractivity contribution < 1.29 is 35.9 Å². The summed E-state index contributed by atoms with van der Waals surface area (Å²) < 4.78 is 85.1. The first-order chi connectivity index (χ1) is 27.3. The molecule has 10 heteroatoms. The Labute approximate surface area is 322 Å². The number of alkyl halides is 6. The third-order valence-electron chi connectivity index (χ3n) is 10.0. The second-order valence-electron chi connectivity index (χ2n) is 13.6. The van der Waals surface area contributed by atoms with E-state index in [2.05, 4.69) is 0 Å². The molecule has 0 saturated carbocycles. The third kappa shape index (κ3) is 6.95. The molecule has 0 radical (unpaired) electrons. The molecule has 2 amide bonds. The van der Waals surface area contributed by atoms with E-state index in [0.29, 0.717) is 51.9 Å². The number of rotatable bonds is 7. The van der Waals surface area contributed by atoms with Gasteiger partial charge in [-0.25, -0.2) is 4.90 Å². The number of hydrogen-bond donors (Lipinski definition) is 0. The summed E-state index contributed by atoms with van der Waals surface area (Å²) in [5.74, 6) is -0.642. The fourth-order valence-electron chi connectivity index (χ4n) is 7.34. The van der Waals surface area contributed by atoms with E-state index in [1.165, 1.54) is 12.1 Å². The number of imide groups is 1. The summed E-state index contributed by atoms with van der Waals surface area (Å²) >= 11 is 0. The Morgan fingerprint density at radius 1 is 0.526 bits per heavy atom. The lowest BCUT2D eigenvalue weighted by atomic mass is 9.97. The number of amides is 2. The summed E-state index contributed by atoms with van der Waals surface area (Å²) in [5, 5.41) is 1.38. The van der Waals surface area contributed by atoms with Gasteiger partial charge < -0.3 is 4.57 Å². The van der Waals surface area contributed by atoms with Gasteiger partial charge in [-0.3, -0.25) is 9.59 Å². The van der Waals surface area contributed by atoms with Crippen LogP contribution < -0.4 is 4.90 Å². The molecule has 0 N–H and O–H groups in total. The lowest BCUT2D eigenvalue weighted by Crippen LogP contribution is -2.31. The van der Waals surface area contributed by atoms with Crippen LogP contribution >= 0.6 is 0 Å². The molecule has 0 spiro atoms. The van der Waals surface area contributed by atoms with Crippen LogP contribution in [-0.4, -0.2) is 16.9 Å². The number of aryl methyl sites for hydroxylation is 1. The van der Waals surface area contributed by atoms with Crippen LogP contribution in [0.1, 0.15) is 27.0 Å². The topological polar surface area (TPSA) is 42.3 Å². The fourth-order valence-corrected chi connectivity index (χ4v) is 7.34. The fraction of sp³-hybridized carbons (Fsp3) is 0.0638. The molecule has 0 aliphatic carbocycles. The van der Waals surface area contributed by atoms with Gasteiger partial charge in [-0.05, 0) is 100 Å². The smallest absolute Gasteiger partial charge is 0.308 e. The first-order valence-corrected chi connectivity index (χ1v) is 17.8. The van der Waals surface area contributed by atoms with Crippen molar-refractivity contribution in [3.8, 4) is 39.1 Å². The molecule has 8 aromatic rings. The second kappa shape index (κ2) is 14.3. The average Bonchev–Trinajstić information content (AvgIpc) is 3.54. The summed E-state index contributed by atoms with van der Waals surface area (Å²) in [6.07, 6.45) is -9.59. The molecule has 0 aliphatic heterocycles. The highest BCUT2D eigenvalue weighted by atomic mass is 19.4. The summed E-state index contributed by atoms with van der Waals surface area (Å²) in [4.78, 5) is 29.0. The van der Waals surface area contributed by atoms with Crippen LogP contribution in [0.25, 0.3) is 60.9 Å². The number of fused-ring (bicyclic) bond motifs is 3. The minimum atomic E-state index is -5.03. The van der Waals surface area contributed by atoms with Gasteiger partial charge in [0.1, 0.15) is 0 Å². The van der Waals surface area contributed by atoms with Crippen LogP contribution in [0.4, 0.5) is 32.0 Å². The number of benzene rings is 7. The van der Waals surface area contributed by atoms with Gasteiger partial charge in [-0.15, -0.1) is 0 Å². The Hall–Kier alpha value is -6.94. The first kappa shape index (κ1) is 37.0. The minimum Gasteiger partial charge on any atom is -0.308 e. The highest BCUT2D eigenvalue weighted by molar-refractivity contribution is 6.19. The van der Waals surface area contributed by atoms with Crippen molar-refractivity contribution in [1.82, 2.24) is 4.57 Å². The van der Waals surface area contributed by atoms with Crippen LogP contribution in [0.5, 0.6) is 0 Å². The molecule has 0 atom stereocenters. The van der Waals surface area contributed by atoms with Gasteiger partial charge in [-0.2, -0.15) is 26.3 Å². The Balaban J connectivity index is 1.33. The molecule has 0 aliphatic rings. The Kier molecular flexibility index (Phi) is 9.28. The minimum absolute atomic E-state index is 0.0980. The second-order valence-corrected chi connectivity index (χ2v) is 13.6.